The van der Waals surface area contributed by atoms with Gasteiger partial charge in [0.1, 0.15) is 0 Å². The van der Waals surface area contributed by atoms with Gasteiger partial charge in [0.05, 0.1) is 10.0 Å². The highest BCUT2D eigenvalue weighted by Gasteiger charge is 2.04. The second-order valence-corrected chi connectivity index (χ2v) is 4.31. The smallest absolute Gasteiger partial charge is 0.0595 e. The Morgan fingerprint density at radius 3 is 2.50 bits per heavy atom. The molecule has 0 fully saturated rings. The molecule has 0 aliphatic rings. The van der Waals surface area contributed by atoms with Crippen molar-refractivity contribution >= 4 is 32.4 Å². The van der Waals surface area contributed by atoms with E-state index >= 15 is 0 Å². The number of hydrogen-bond acceptors (Lipinski definition) is 0. The van der Waals surface area contributed by atoms with Crippen LogP contribution in [0, 0.1) is 0 Å². The summed E-state index contributed by atoms with van der Waals surface area (Å²) in [6.45, 7) is 2.14. The summed E-state index contributed by atoms with van der Waals surface area (Å²) in [6, 6.07) is 5.77. The zero-order valence-corrected chi connectivity index (χ0v) is 9.52. The zero-order chi connectivity index (χ0) is 9.14. The van der Waals surface area contributed by atoms with Crippen LogP contribution in [-0.2, 0) is 0 Å². The maximum Gasteiger partial charge on any atom is 0.0595 e. The molecule has 66 valence electrons. The van der Waals surface area contributed by atoms with Gasteiger partial charge in [0.25, 0.3) is 0 Å². The molecule has 1 rings (SSSR count). The number of benzene rings is 1. The van der Waals surface area contributed by atoms with Gasteiger partial charge in [-0.15, -0.1) is 9.24 Å². The summed E-state index contributed by atoms with van der Waals surface area (Å²) in [4.78, 5) is 0. The maximum atomic E-state index is 5.87. The fraction of sp³-hybridized carbons (Fsp3) is 0.333. The van der Waals surface area contributed by atoms with Gasteiger partial charge in [0.15, 0.2) is 0 Å². The van der Waals surface area contributed by atoms with Gasteiger partial charge < -0.3 is 0 Å². The van der Waals surface area contributed by atoms with Crippen LogP contribution in [0.2, 0.25) is 10.0 Å². The van der Waals surface area contributed by atoms with Crippen molar-refractivity contribution in [2.24, 2.45) is 0 Å². The van der Waals surface area contributed by atoms with E-state index in [0.717, 1.165) is 6.42 Å². The Morgan fingerprint density at radius 1 is 1.33 bits per heavy atom. The van der Waals surface area contributed by atoms with Crippen molar-refractivity contribution in [3.63, 3.8) is 0 Å². The van der Waals surface area contributed by atoms with Crippen molar-refractivity contribution in [3.8, 4) is 0 Å². The molecule has 1 aromatic rings. The van der Waals surface area contributed by atoms with E-state index in [1.54, 1.807) is 0 Å². The van der Waals surface area contributed by atoms with E-state index < -0.39 is 0 Å². The predicted octanol–water partition coefficient (Wildman–Crippen LogP) is 4.32. The van der Waals surface area contributed by atoms with Gasteiger partial charge >= 0.3 is 0 Å². The molecule has 0 saturated carbocycles. The number of halogens is 2. The zero-order valence-electron chi connectivity index (χ0n) is 6.85. The fourth-order valence-corrected chi connectivity index (χ4v) is 1.49. The van der Waals surface area contributed by atoms with Gasteiger partial charge in [-0.1, -0.05) is 36.2 Å². The van der Waals surface area contributed by atoms with Crippen molar-refractivity contribution in [1.29, 1.82) is 0 Å². The first-order chi connectivity index (χ1) is 5.65. The second-order valence-electron chi connectivity index (χ2n) is 2.69. The summed E-state index contributed by atoms with van der Waals surface area (Å²) < 4.78 is 0. The molecule has 0 spiro atoms. The van der Waals surface area contributed by atoms with Gasteiger partial charge in [-0.05, 0) is 29.8 Å². The van der Waals surface area contributed by atoms with E-state index in [1.165, 1.54) is 5.56 Å². The monoisotopic (exact) mass is 220 g/mol. The van der Waals surface area contributed by atoms with Crippen molar-refractivity contribution < 1.29 is 0 Å². The Hall–Kier alpha value is 0.230. The van der Waals surface area contributed by atoms with Gasteiger partial charge in [0, 0.05) is 0 Å². The summed E-state index contributed by atoms with van der Waals surface area (Å²) in [5.74, 6) is 0. The lowest BCUT2D eigenvalue weighted by atomic mass is 10.1. The first kappa shape index (κ1) is 10.3. The SMILES string of the molecule is CCC(P)c1ccc(Cl)c(Cl)c1. The standard InChI is InChI=1S/C9H11Cl2P/c1-2-9(12)6-3-4-7(10)8(11)5-6/h3-5,9H,2,12H2,1H3. The van der Waals surface area contributed by atoms with Crippen molar-refractivity contribution in [2.75, 3.05) is 0 Å². The van der Waals surface area contributed by atoms with Gasteiger partial charge in [-0.25, -0.2) is 0 Å². The molecule has 2 atom stereocenters. The topological polar surface area (TPSA) is 0 Å². The maximum absolute atomic E-state index is 5.87. The molecule has 0 amide bonds. The van der Waals surface area contributed by atoms with Crippen molar-refractivity contribution in [1.82, 2.24) is 0 Å². The lowest BCUT2D eigenvalue weighted by Crippen LogP contribution is -1.86. The molecule has 0 aliphatic carbocycles. The predicted molar refractivity (Wildman–Crippen MR) is 59.2 cm³/mol. The Balaban J connectivity index is 2.96. The van der Waals surface area contributed by atoms with Gasteiger partial charge in [-0.3, -0.25) is 0 Å². The molecular formula is C9H11Cl2P. The quantitative estimate of drug-likeness (QED) is 0.652. The fourth-order valence-electron chi connectivity index (χ4n) is 0.979. The van der Waals surface area contributed by atoms with Crippen LogP contribution in [0.1, 0.15) is 24.6 Å². The largest absolute Gasteiger partial charge is 0.130 e. The average molecular weight is 221 g/mol. The van der Waals surface area contributed by atoms with Gasteiger partial charge in [-0.2, -0.15) is 0 Å². The Morgan fingerprint density at radius 2 is 2.00 bits per heavy atom. The number of rotatable bonds is 2. The van der Waals surface area contributed by atoms with Crippen LogP contribution in [0.5, 0.6) is 0 Å². The first-order valence-corrected chi connectivity index (χ1v) is 5.28. The van der Waals surface area contributed by atoms with Crippen molar-refractivity contribution in [3.05, 3.63) is 33.8 Å². The van der Waals surface area contributed by atoms with Crippen molar-refractivity contribution in [2.45, 2.75) is 19.0 Å². The Kier molecular flexibility index (Phi) is 3.83. The van der Waals surface area contributed by atoms with Crippen LogP contribution >= 0.6 is 32.4 Å². The van der Waals surface area contributed by atoms with Crippen LogP contribution in [0.4, 0.5) is 0 Å². The molecule has 0 aromatic heterocycles. The van der Waals surface area contributed by atoms with Crippen LogP contribution < -0.4 is 0 Å². The van der Waals surface area contributed by atoms with Crippen LogP contribution in [-0.4, -0.2) is 0 Å². The minimum Gasteiger partial charge on any atom is -0.130 e. The normalized spacial score (nSPS) is 13.0. The molecule has 0 nitrogen and oxygen atoms in total. The lowest BCUT2D eigenvalue weighted by Gasteiger charge is -2.08. The molecule has 3 heteroatoms. The number of hydrogen-bond donors (Lipinski definition) is 0. The highest BCUT2D eigenvalue weighted by molar-refractivity contribution is 7.17. The summed E-state index contributed by atoms with van der Waals surface area (Å²) in [7, 11) is 2.79. The van der Waals surface area contributed by atoms with E-state index in [1.807, 2.05) is 18.2 Å². The second kappa shape index (κ2) is 4.46. The molecule has 12 heavy (non-hydrogen) atoms. The molecule has 0 heterocycles. The minimum atomic E-state index is 0.472. The van der Waals surface area contributed by atoms with Crippen LogP contribution in [0.3, 0.4) is 0 Å². The Bertz CT molecular complexity index is 273. The summed E-state index contributed by atoms with van der Waals surface area (Å²) in [5, 5.41) is 1.25. The third kappa shape index (κ3) is 2.36. The van der Waals surface area contributed by atoms with Gasteiger partial charge in [0.2, 0.25) is 0 Å². The molecule has 0 aliphatic heterocycles. The third-order valence-corrected chi connectivity index (χ3v) is 3.41. The molecule has 0 N–H and O–H groups in total. The highest BCUT2D eigenvalue weighted by Crippen LogP contribution is 2.31. The van der Waals surface area contributed by atoms with Crippen LogP contribution in [0.15, 0.2) is 18.2 Å². The van der Waals surface area contributed by atoms with E-state index in [0.29, 0.717) is 15.7 Å². The molecular weight excluding hydrogens is 210 g/mol. The average Bonchev–Trinajstić information content (AvgIpc) is 2.08. The third-order valence-electron chi connectivity index (χ3n) is 1.81. The minimum absolute atomic E-state index is 0.472. The summed E-state index contributed by atoms with van der Waals surface area (Å²) in [5.41, 5.74) is 1.69. The highest BCUT2D eigenvalue weighted by atomic mass is 35.5. The van der Waals surface area contributed by atoms with E-state index in [4.69, 9.17) is 23.2 Å². The first-order valence-electron chi connectivity index (χ1n) is 3.85. The molecule has 1 aromatic carbocycles. The molecule has 0 saturated heterocycles. The molecule has 0 radical (unpaired) electrons. The van der Waals surface area contributed by atoms with Crippen LogP contribution in [0.25, 0.3) is 0 Å². The summed E-state index contributed by atoms with van der Waals surface area (Å²) >= 11 is 11.7. The Labute approximate surface area is 85.5 Å². The van der Waals surface area contributed by atoms with E-state index in [2.05, 4.69) is 16.2 Å². The van der Waals surface area contributed by atoms with E-state index in [9.17, 15) is 0 Å². The molecule has 0 bridgehead atoms. The molecule has 2 unspecified atom stereocenters. The lowest BCUT2D eigenvalue weighted by molar-refractivity contribution is 0.897. The summed E-state index contributed by atoms with van der Waals surface area (Å²) in [6.07, 6.45) is 1.09. The van der Waals surface area contributed by atoms with E-state index in [-0.39, 0.29) is 0 Å².